The van der Waals surface area contributed by atoms with Crippen LogP contribution in [0.15, 0.2) is 53.9 Å². The minimum Gasteiger partial charge on any atom is -0.487 e. The number of allylic oxidation sites excluding steroid dienone is 1. The number of aryl methyl sites for hydroxylation is 1. The average molecular weight is 372 g/mol. The van der Waals surface area contributed by atoms with Crippen LogP contribution in [0.25, 0.3) is 22.7 Å². The summed E-state index contributed by atoms with van der Waals surface area (Å²) in [6, 6.07) is 17.6. The highest BCUT2D eigenvalue weighted by molar-refractivity contribution is 7.09. The quantitative estimate of drug-likeness (QED) is 0.502. The van der Waals surface area contributed by atoms with Gasteiger partial charge in [0.05, 0.1) is 27.3 Å². The van der Waals surface area contributed by atoms with Crippen molar-refractivity contribution in [2.24, 2.45) is 0 Å². The SMILES string of the molecule is Cc1nc(COc2ccc(/C=C(\C#N)c3nc4ccccc4[nH]3)cc2)cs1. The van der Waals surface area contributed by atoms with Crippen LogP contribution in [-0.4, -0.2) is 15.0 Å². The number of fused-ring (bicyclic) bond motifs is 1. The average Bonchev–Trinajstić information content (AvgIpc) is 3.31. The van der Waals surface area contributed by atoms with Crippen molar-refractivity contribution in [3.8, 4) is 11.8 Å². The molecule has 5 nitrogen and oxygen atoms in total. The van der Waals surface area contributed by atoms with Gasteiger partial charge in [-0.2, -0.15) is 5.26 Å². The van der Waals surface area contributed by atoms with E-state index < -0.39 is 0 Å². The Hall–Kier alpha value is -3.43. The normalized spacial score (nSPS) is 11.5. The van der Waals surface area contributed by atoms with Gasteiger partial charge >= 0.3 is 0 Å². The first-order valence-electron chi connectivity index (χ1n) is 8.42. The molecular formula is C21H16N4OS. The molecule has 1 N–H and O–H groups in total. The first-order valence-corrected chi connectivity index (χ1v) is 9.30. The van der Waals surface area contributed by atoms with E-state index in [0.29, 0.717) is 18.0 Å². The van der Waals surface area contributed by atoms with Gasteiger partial charge in [-0.1, -0.05) is 24.3 Å². The maximum Gasteiger partial charge on any atom is 0.149 e. The smallest absolute Gasteiger partial charge is 0.149 e. The summed E-state index contributed by atoms with van der Waals surface area (Å²) in [5.41, 5.74) is 4.07. The van der Waals surface area contributed by atoms with E-state index in [4.69, 9.17) is 4.74 Å². The van der Waals surface area contributed by atoms with Gasteiger partial charge in [-0.3, -0.25) is 0 Å². The molecule has 0 amide bonds. The number of hydrogen-bond acceptors (Lipinski definition) is 5. The molecule has 0 aliphatic rings. The van der Waals surface area contributed by atoms with E-state index in [-0.39, 0.29) is 0 Å². The molecule has 0 unspecified atom stereocenters. The summed E-state index contributed by atoms with van der Waals surface area (Å²) in [6.07, 6.45) is 1.81. The molecule has 4 aromatic rings. The van der Waals surface area contributed by atoms with Gasteiger partial charge in [-0.25, -0.2) is 9.97 Å². The van der Waals surface area contributed by atoms with E-state index in [0.717, 1.165) is 33.0 Å². The summed E-state index contributed by atoms with van der Waals surface area (Å²) in [5, 5.41) is 12.6. The number of ether oxygens (including phenoxy) is 1. The second-order valence-electron chi connectivity index (χ2n) is 5.99. The predicted octanol–water partition coefficient (Wildman–Crippen LogP) is 4.97. The van der Waals surface area contributed by atoms with Crippen molar-refractivity contribution in [1.29, 1.82) is 5.26 Å². The Kier molecular flexibility index (Phi) is 4.69. The van der Waals surface area contributed by atoms with Crippen molar-refractivity contribution < 1.29 is 4.74 Å². The number of nitriles is 1. The standard InChI is InChI=1S/C21H16N4OS/c1-14-23-17(13-27-14)12-26-18-8-6-15(7-9-18)10-16(11-22)21-24-19-4-2-3-5-20(19)25-21/h2-10,13H,12H2,1H3,(H,24,25)/b16-10+. The highest BCUT2D eigenvalue weighted by atomic mass is 32.1. The van der Waals surface area contributed by atoms with Gasteiger partial charge < -0.3 is 9.72 Å². The van der Waals surface area contributed by atoms with Crippen LogP contribution in [0, 0.1) is 18.3 Å². The Morgan fingerprint density at radius 1 is 1.19 bits per heavy atom. The van der Waals surface area contributed by atoms with Crippen molar-refractivity contribution in [3.63, 3.8) is 0 Å². The fraction of sp³-hybridized carbons (Fsp3) is 0.0952. The summed E-state index contributed by atoms with van der Waals surface area (Å²) < 4.78 is 5.76. The minimum absolute atomic E-state index is 0.446. The molecule has 4 rings (SSSR count). The first-order chi connectivity index (χ1) is 13.2. The Bertz CT molecular complexity index is 1120. The van der Waals surface area contributed by atoms with E-state index >= 15 is 0 Å². The van der Waals surface area contributed by atoms with Crippen LogP contribution in [0.4, 0.5) is 0 Å². The number of nitrogens with one attached hydrogen (secondary N) is 1. The van der Waals surface area contributed by atoms with Gasteiger partial charge in [0.25, 0.3) is 0 Å². The van der Waals surface area contributed by atoms with Crippen LogP contribution in [0.1, 0.15) is 22.1 Å². The summed E-state index contributed by atoms with van der Waals surface area (Å²) in [7, 11) is 0. The zero-order valence-electron chi connectivity index (χ0n) is 14.6. The second kappa shape index (κ2) is 7.44. The lowest BCUT2D eigenvalue weighted by Gasteiger charge is -2.04. The fourth-order valence-corrected chi connectivity index (χ4v) is 3.29. The predicted molar refractivity (Wildman–Crippen MR) is 107 cm³/mol. The summed E-state index contributed by atoms with van der Waals surface area (Å²) >= 11 is 1.61. The molecule has 27 heavy (non-hydrogen) atoms. The molecule has 6 heteroatoms. The third-order valence-corrected chi connectivity index (χ3v) is 4.83. The Morgan fingerprint density at radius 2 is 2.00 bits per heavy atom. The van der Waals surface area contributed by atoms with E-state index in [1.807, 2.05) is 66.9 Å². The van der Waals surface area contributed by atoms with E-state index in [2.05, 4.69) is 21.0 Å². The number of benzene rings is 2. The van der Waals surface area contributed by atoms with Crippen LogP contribution < -0.4 is 4.74 Å². The van der Waals surface area contributed by atoms with Crippen molar-refractivity contribution in [3.05, 3.63) is 76.0 Å². The van der Waals surface area contributed by atoms with Crippen LogP contribution in [0.5, 0.6) is 5.75 Å². The van der Waals surface area contributed by atoms with E-state index in [1.165, 1.54) is 0 Å². The summed E-state index contributed by atoms with van der Waals surface area (Å²) in [4.78, 5) is 12.1. The maximum atomic E-state index is 9.52. The number of hydrogen-bond donors (Lipinski definition) is 1. The molecule has 0 saturated carbocycles. The first kappa shape index (κ1) is 17.0. The zero-order chi connectivity index (χ0) is 18.6. The number of aromatic nitrogens is 3. The van der Waals surface area contributed by atoms with Crippen molar-refractivity contribution >= 4 is 34.0 Å². The molecule has 0 spiro atoms. The number of nitrogens with zero attached hydrogens (tertiary/aromatic N) is 3. The van der Waals surface area contributed by atoms with Crippen molar-refractivity contribution in [2.75, 3.05) is 0 Å². The molecular weight excluding hydrogens is 356 g/mol. The van der Waals surface area contributed by atoms with Crippen molar-refractivity contribution in [2.45, 2.75) is 13.5 Å². The molecule has 2 heterocycles. The third kappa shape index (κ3) is 3.89. The lowest BCUT2D eigenvalue weighted by Crippen LogP contribution is -1.95. The van der Waals surface area contributed by atoms with Gasteiger partial charge in [0.1, 0.15) is 24.3 Å². The molecule has 0 fully saturated rings. The zero-order valence-corrected chi connectivity index (χ0v) is 15.5. The van der Waals surface area contributed by atoms with Gasteiger partial charge in [-0.15, -0.1) is 11.3 Å². The Labute approximate surface area is 160 Å². The number of thiazole rings is 1. The number of rotatable bonds is 5. The minimum atomic E-state index is 0.446. The van der Waals surface area contributed by atoms with E-state index in [9.17, 15) is 5.26 Å². The monoisotopic (exact) mass is 372 g/mol. The molecule has 0 saturated heterocycles. The van der Waals surface area contributed by atoms with Crippen LogP contribution in [-0.2, 0) is 6.61 Å². The topological polar surface area (TPSA) is 74.6 Å². The lowest BCUT2D eigenvalue weighted by molar-refractivity contribution is 0.302. The second-order valence-corrected chi connectivity index (χ2v) is 7.05. The molecule has 2 aromatic heterocycles. The molecule has 2 aromatic carbocycles. The summed E-state index contributed by atoms with van der Waals surface area (Å²) in [6.45, 7) is 2.42. The third-order valence-electron chi connectivity index (χ3n) is 4.01. The fourth-order valence-electron chi connectivity index (χ4n) is 2.69. The lowest BCUT2D eigenvalue weighted by atomic mass is 10.1. The molecule has 132 valence electrons. The van der Waals surface area contributed by atoms with Gasteiger partial charge in [0, 0.05) is 5.38 Å². The Balaban J connectivity index is 1.50. The molecule has 0 atom stereocenters. The number of aromatic amines is 1. The van der Waals surface area contributed by atoms with Crippen molar-refractivity contribution in [1.82, 2.24) is 15.0 Å². The van der Waals surface area contributed by atoms with Gasteiger partial charge in [0.15, 0.2) is 0 Å². The molecule has 0 aliphatic heterocycles. The highest BCUT2D eigenvalue weighted by Gasteiger charge is 2.07. The van der Waals surface area contributed by atoms with Gasteiger partial charge in [-0.05, 0) is 42.8 Å². The van der Waals surface area contributed by atoms with Gasteiger partial charge in [0.2, 0.25) is 0 Å². The van der Waals surface area contributed by atoms with E-state index in [1.54, 1.807) is 11.3 Å². The number of para-hydroxylation sites is 2. The largest absolute Gasteiger partial charge is 0.487 e. The highest BCUT2D eigenvalue weighted by Crippen LogP contribution is 2.21. The molecule has 0 aliphatic carbocycles. The maximum absolute atomic E-state index is 9.52. The van der Waals surface area contributed by atoms with Crippen LogP contribution in [0.3, 0.4) is 0 Å². The van der Waals surface area contributed by atoms with Crippen LogP contribution >= 0.6 is 11.3 Å². The Morgan fingerprint density at radius 3 is 2.70 bits per heavy atom. The molecule has 0 radical (unpaired) electrons. The number of imidazole rings is 1. The molecule has 0 bridgehead atoms. The van der Waals surface area contributed by atoms with Crippen LogP contribution in [0.2, 0.25) is 0 Å². The number of H-pyrrole nitrogens is 1. The summed E-state index contributed by atoms with van der Waals surface area (Å²) in [5.74, 6) is 1.33.